The number of ether oxygens (including phenoxy) is 2. The molecule has 1 aromatic heterocycles. The van der Waals surface area contributed by atoms with Crippen LogP contribution in [-0.2, 0) is 16.6 Å². The molecule has 1 N–H and O–H groups in total. The first-order valence-corrected chi connectivity index (χ1v) is 13.6. The average Bonchev–Trinajstić information content (AvgIpc) is 3.17. The Kier molecular flexibility index (Phi) is 7.51. The standard InChI is InChI=1S/C25H25ClN2O5S2/c1-4-20(17-7-12-22(32-2)23(13-17)33-3)27-35(30,31)19-10-11-21-24(14-19)34-25(29)28(21)15-16-5-8-18(26)9-6-16/h5-14,20,27H,4,15H2,1-3H3/t20-/m1/s1. The van der Waals surface area contributed by atoms with Gasteiger partial charge in [-0.2, -0.15) is 0 Å². The molecule has 184 valence electrons. The highest BCUT2D eigenvalue weighted by atomic mass is 35.5. The molecule has 3 aromatic carbocycles. The lowest BCUT2D eigenvalue weighted by atomic mass is 10.1. The number of hydrogen-bond acceptors (Lipinski definition) is 6. The molecule has 0 unspecified atom stereocenters. The van der Waals surface area contributed by atoms with Gasteiger partial charge >= 0.3 is 4.87 Å². The molecular weight excluding hydrogens is 508 g/mol. The van der Waals surface area contributed by atoms with Gasteiger partial charge in [-0.3, -0.25) is 9.36 Å². The van der Waals surface area contributed by atoms with Gasteiger partial charge in [-0.05, 0) is 60.0 Å². The molecule has 4 rings (SSSR count). The highest BCUT2D eigenvalue weighted by Crippen LogP contribution is 2.32. The second-order valence-corrected chi connectivity index (χ2v) is 11.1. The van der Waals surface area contributed by atoms with Crippen LogP contribution >= 0.6 is 22.9 Å². The van der Waals surface area contributed by atoms with E-state index in [4.69, 9.17) is 21.1 Å². The predicted molar refractivity (Wildman–Crippen MR) is 140 cm³/mol. The van der Waals surface area contributed by atoms with Crippen LogP contribution in [-0.4, -0.2) is 27.2 Å². The summed E-state index contributed by atoms with van der Waals surface area (Å²) in [5, 5.41) is 0.622. The zero-order valence-corrected chi connectivity index (χ0v) is 21.8. The largest absolute Gasteiger partial charge is 0.493 e. The Balaban J connectivity index is 1.62. The molecule has 1 atom stereocenters. The number of thiazole rings is 1. The van der Waals surface area contributed by atoms with Crippen LogP contribution in [0, 0.1) is 0 Å². The number of nitrogens with zero attached hydrogens (tertiary/aromatic N) is 1. The molecule has 35 heavy (non-hydrogen) atoms. The summed E-state index contributed by atoms with van der Waals surface area (Å²) in [5.41, 5.74) is 2.37. The Hall–Kier alpha value is -2.85. The summed E-state index contributed by atoms with van der Waals surface area (Å²) in [4.78, 5) is 12.6. The summed E-state index contributed by atoms with van der Waals surface area (Å²) in [6.07, 6.45) is 0.530. The lowest BCUT2D eigenvalue weighted by Gasteiger charge is -2.19. The van der Waals surface area contributed by atoms with Crippen molar-refractivity contribution in [3.63, 3.8) is 0 Å². The smallest absolute Gasteiger partial charge is 0.308 e. The van der Waals surface area contributed by atoms with E-state index >= 15 is 0 Å². The first-order chi connectivity index (χ1) is 16.7. The van der Waals surface area contributed by atoms with Crippen molar-refractivity contribution in [3.05, 3.63) is 86.5 Å². The van der Waals surface area contributed by atoms with E-state index in [1.165, 1.54) is 13.2 Å². The number of benzene rings is 3. The molecule has 0 spiro atoms. The van der Waals surface area contributed by atoms with Crippen LogP contribution in [0.15, 0.2) is 70.4 Å². The van der Waals surface area contributed by atoms with Crippen LogP contribution < -0.4 is 19.1 Å². The Labute approximate surface area is 212 Å². The third-order valence-corrected chi connectivity index (χ3v) is 8.38. The van der Waals surface area contributed by atoms with Gasteiger partial charge in [0, 0.05) is 11.1 Å². The lowest BCUT2D eigenvalue weighted by molar-refractivity contribution is 0.354. The van der Waals surface area contributed by atoms with Crippen LogP contribution in [0.1, 0.15) is 30.5 Å². The number of aromatic nitrogens is 1. The summed E-state index contributed by atoms with van der Waals surface area (Å²) < 4.78 is 42.1. The van der Waals surface area contributed by atoms with E-state index < -0.39 is 16.1 Å². The molecule has 0 aliphatic heterocycles. The van der Waals surface area contributed by atoms with E-state index in [-0.39, 0.29) is 9.77 Å². The summed E-state index contributed by atoms with van der Waals surface area (Å²) in [6.45, 7) is 2.27. The van der Waals surface area contributed by atoms with Crippen molar-refractivity contribution >= 4 is 43.2 Å². The summed E-state index contributed by atoms with van der Waals surface area (Å²) in [6, 6.07) is 16.9. The van der Waals surface area contributed by atoms with Crippen molar-refractivity contribution < 1.29 is 17.9 Å². The lowest BCUT2D eigenvalue weighted by Crippen LogP contribution is -2.28. The molecule has 10 heteroatoms. The van der Waals surface area contributed by atoms with Crippen LogP contribution in [0.5, 0.6) is 11.5 Å². The minimum Gasteiger partial charge on any atom is -0.493 e. The molecule has 0 amide bonds. The number of hydrogen-bond donors (Lipinski definition) is 1. The highest BCUT2D eigenvalue weighted by molar-refractivity contribution is 7.89. The normalized spacial score (nSPS) is 12.6. The zero-order valence-electron chi connectivity index (χ0n) is 19.4. The number of sulfonamides is 1. The monoisotopic (exact) mass is 532 g/mol. The Morgan fingerprint density at radius 1 is 1.00 bits per heavy atom. The number of nitrogens with one attached hydrogen (secondary N) is 1. The van der Waals surface area contributed by atoms with Gasteiger partial charge in [-0.15, -0.1) is 0 Å². The van der Waals surface area contributed by atoms with E-state index in [1.807, 2.05) is 25.1 Å². The first kappa shape index (κ1) is 25.2. The first-order valence-electron chi connectivity index (χ1n) is 10.9. The van der Waals surface area contributed by atoms with Gasteiger partial charge in [-0.25, -0.2) is 13.1 Å². The topological polar surface area (TPSA) is 86.6 Å². The molecule has 0 saturated carbocycles. The minimum absolute atomic E-state index is 0.101. The number of fused-ring (bicyclic) bond motifs is 1. The maximum Gasteiger partial charge on any atom is 0.308 e. The molecule has 0 bridgehead atoms. The van der Waals surface area contributed by atoms with Gasteiger partial charge < -0.3 is 9.47 Å². The Morgan fingerprint density at radius 2 is 1.71 bits per heavy atom. The second kappa shape index (κ2) is 10.4. The van der Waals surface area contributed by atoms with E-state index in [0.29, 0.717) is 39.7 Å². The zero-order chi connectivity index (χ0) is 25.2. The van der Waals surface area contributed by atoms with E-state index in [1.54, 1.807) is 48.1 Å². The van der Waals surface area contributed by atoms with Crippen molar-refractivity contribution in [1.82, 2.24) is 9.29 Å². The molecule has 7 nitrogen and oxygen atoms in total. The van der Waals surface area contributed by atoms with Crippen molar-refractivity contribution in [3.8, 4) is 11.5 Å². The van der Waals surface area contributed by atoms with Crippen LogP contribution in [0.25, 0.3) is 10.2 Å². The fraction of sp³-hybridized carbons (Fsp3) is 0.240. The van der Waals surface area contributed by atoms with Gasteiger partial charge in [0.05, 0.1) is 35.9 Å². The minimum atomic E-state index is -3.86. The Morgan fingerprint density at radius 3 is 2.37 bits per heavy atom. The van der Waals surface area contributed by atoms with E-state index in [2.05, 4.69) is 4.72 Å². The molecule has 0 fully saturated rings. The average molecular weight is 533 g/mol. The van der Waals surface area contributed by atoms with Crippen LogP contribution in [0.4, 0.5) is 0 Å². The molecule has 1 heterocycles. The maximum atomic E-state index is 13.3. The molecule has 4 aromatic rings. The quantitative estimate of drug-likeness (QED) is 0.320. The van der Waals surface area contributed by atoms with Crippen molar-refractivity contribution in [1.29, 1.82) is 0 Å². The summed E-state index contributed by atoms with van der Waals surface area (Å²) in [7, 11) is -0.774. The maximum absolute atomic E-state index is 13.3. The second-order valence-electron chi connectivity index (χ2n) is 7.91. The molecule has 0 aliphatic rings. The predicted octanol–water partition coefficient (Wildman–Crippen LogP) is 5.21. The summed E-state index contributed by atoms with van der Waals surface area (Å²) >= 11 is 6.97. The third kappa shape index (κ3) is 5.38. The van der Waals surface area contributed by atoms with Crippen molar-refractivity contribution in [2.24, 2.45) is 0 Å². The fourth-order valence-corrected chi connectivity index (χ4v) is 6.31. The van der Waals surface area contributed by atoms with Gasteiger partial charge in [0.25, 0.3) is 0 Å². The molecule has 0 aliphatic carbocycles. The van der Waals surface area contributed by atoms with Crippen molar-refractivity contribution in [2.75, 3.05) is 14.2 Å². The highest BCUT2D eigenvalue weighted by Gasteiger charge is 2.22. The molecular formula is C25H25ClN2O5S2. The van der Waals surface area contributed by atoms with Gasteiger partial charge in [-0.1, -0.05) is 48.1 Å². The van der Waals surface area contributed by atoms with E-state index in [9.17, 15) is 13.2 Å². The Bertz CT molecular complexity index is 1510. The van der Waals surface area contributed by atoms with Crippen LogP contribution in [0.2, 0.25) is 5.02 Å². The number of methoxy groups -OCH3 is 2. The SMILES string of the molecule is CC[C@@H](NS(=O)(=O)c1ccc2c(c1)sc(=O)n2Cc1ccc(Cl)cc1)c1ccc(OC)c(OC)c1. The molecule has 0 radical (unpaired) electrons. The number of halogens is 1. The van der Waals surface area contributed by atoms with Crippen molar-refractivity contribution in [2.45, 2.75) is 30.8 Å². The fourth-order valence-electron chi connectivity index (χ4n) is 3.85. The van der Waals surface area contributed by atoms with Crippen LogP contribution in [0.3, 0.4) is 0 Å². The van der Waals surface area contributed by atoms with Gasteiger partial charge in [0.2, 0.25) is 10.0 Å². The number of rotatable bonds is 9. The van der Waals surface area contributed by atoms with E-state index in [0.717, 1.165) is 22.5 Å². The summed E-state index contributed by atoms with van der Waals surface area (Å²) in [5.74, 6) is 1.09. The third-order valence-electron chi connectivity index (χ3n) is 5.72. The molecule has 0 saturated heterocycles. The van der Waals surface area contributed by atoms with Gasteiger partial charge in [0.1, 0.15) is 0 Å². The van der Waals surface area contributed by atoms with Gasteiger partial charge in [0.15, 0.2) is 11.5 Å².